The standard InChI is InChI=1S/C9H11/c1-3-9(2)7-5-4-6-8-9/h3-8H,1H2,2H3. The van der Waals surface area contributed by atoms with Gasteiger partial charge in [0.1, 0.15) is 0 Å². The highest BCUT2D eigenvalue weighted by atomic mass is 14.2. The molecule has 0 saturated carbocycles. The van der Waals surface area contributed by atoms with Gasteiger partial charge in [0.15, 0.2) is 0 Å². The summed E-state index contributed by atoms with van der Waals surface area (Å²) < 4.78 is 0. The van der Waals surface area contributed by atoms with Crippen molar-refractivity contribution in [2.24, 2.45) is 5.41 Å². The quantitative estimate of drug-likeness (QED) is 0.465. The summed E-state index contributed by atoms with van der Waals surface area (Å²) in [5, 5.41) is 0. The van der Waals surface area contributed by atoms with E-state index in [-0.39, 0.29) is 5.41 Å². The molecule has 0 aromatic rings. The Kier molecular flexibility index (Phi) is 1.56. The molecule has 1 aliphatic rings. The summed E-state index contributed by atoms with van der Waals surface area (Å²) in [6, 6.07) is 0. The second-order valence-electron chi connectivity index (χ2n) is 2.48. The van der Waals surface area contributed by atoms with Crippen molar-refractivity contribution < 1.29 is 0 Å². The number of rotatable bonds is 1. The first-order valence-corrected chi connectivity index (χ1v) is 3.11. The van der Waals surface area contributed by atoms with Crippen molar-refractivity contribution in [2.75, 3.05) is 0 Å². The van der Waals surface area contributed by atoms with E-state index in [1.165, 1.54) is 0 Å². The fourth-order valence-corrected chi connectivity index (χ4v) is 0.782. The van der Waals surface area contributed by atoms with Crippen LogP contribution in [0, 0.1) is 11.8 Å². The monoisotopic (exact) mass is 119 g/mol. The first-order valence-electron chi connectivity index (χ1n) is 3.11. The lowest BCUT2D eigenvalue weighted by Gasteiger charge is -2.20. The van der Waals surface area contributed by atoms with Gasteiger partial charge in [-0.15, -0.1) is 6.58 Å². The predicted molar refractivity (Wildman–Crippen MR) is 40.9 cm³/mol. The molecule has 0 fully saturated rings. The summed E-state index contributed by atoms with van der Waals surface area (Å²) in [4.78, 5) is 0. The maximum atomic E-state index is 3.74. The van der Waals surface area contributed by atoms with Gasteiger partial charge in [0.25, 0.3) is 0 Å². The first-order chi connectivity index (χ1) is 4.27. The molecule has 0 aliphatic heterocycles. The van der Waals surface area contributed by atoms with Gasteiger partial charge in [0.2, 0.25) is 0 Å². The van der Waals surface area contributed by atoms with Crippen molar-refractivity contribution >= 4 is 0 Å². The van der Waals surface area contributed by atoms with Crippen LogP contribution < -0.4 is 0 Å². The van der Waals surface area contributed by atoms with Crippen LogP contribution in [0.15, 0.2) is 37.0 Å². The van der Waals surface area contributed by atoms with Crippen LogP contribution >= 0.6 is 0 Å². The normalized spacial score (nSPS) is 32.6. The molecule has 1 aliphatic carbocycles. The van der Waals surface area contributed by atoms with Gasteiger partial charge in [-0.3, -0.25) is 0 Å². The Balaban J connectivity index is 2.73. The predicted octanol–water partition coefficient (Wildman–Crippen LogP) is 2.51. The van der Waals surface area contributed by atoms with Gasteiger partial charge in [-0.25, -0.2) is 0 Å². The van der Waals surface area contributed by atoms with Gasteiger partial charge in [-0.05, 0) is 6.42 Å². The maximum absolute atomic E-state index is 3.74. The molecule has 0 N–H and O–H groups in total. The molecular formula is C9H11. The van der Waals surface area contributed by atoms with Crippen LogP contribution in [0.4, 0.5) is 0 Å². The van der Waals surface area contributed by atoms with Crippen molar-refractivity contribution in [2.45, 2.75) is 6.92 Å². The average molecular weight is 119 g/mol. The van der Waals surface area contributed by atoms with E-state index in [1.807, 2.05) is 24.3 Å². The van der Waals surface area contributed by atoms with Gasteiger partial charge >= 0.3 is 0 Å². The third-order valence-corrected chi connectivity index (χ3v) is 1.57. The van der Waals surface area contributed by atoms with Crippen LogP contribution in [-0.4, -0.2) is 0 Å². The van der Waals surface area contributed by atoms with Crippen molar-refractivity contribution in [1.29, 1.82) is 0 Å². The lowest BCUT2D eigenvalue weighted by atomic mass is 9.84. The molecule has 0 heteroatoms. The highest BCUT2D eigenvalue weighted by Crippen LogP contribution is 2.26. The van der Waals surface area contributed by atoms with Crippen LogP contribution in [0.2, 0.25) is 0 Å². The molecule has 0 aromatic carbocycles. The summed E-state index contributed by atoms with van der Waals surface area (Å²) in [6.45, 7) is 5.86. The Morgan fingerprint density at radius 2 is 2.11 bits per heavy atom. The summed E-state index contributed by atoms with van der Waals surface area (Å²) in [7, 11) is 0. The molecule has 9 heavy (non-hydrogen) atoms. The molecule has 1 rings (SSSR count). The Morgan fingerprint density at radius 3 is 2.44 bits per heavy atom. The van der Waals surface area contributed by atoms with Crippen LogP contribution in [0.25, 0.3) is 0 Å². The SMILES string of the molecule is C=CC1(C)[CH]C=CC=C1. The fourth-order valence-electron chi connectivity index (χ4n) is 0.782. The van der Waals surface area contributed by atoms with E-state index in [9.17, 15) is 0 Å². The van der Waals surface area contributed by atoms with Crippen LogP contribution in [-0.2, 0) is 0 Å². The second kappa shape index (κ2) is 2.22. The van der Waals surface area contributed by atoms with Gasteiger partial charge in [0.05, 0.1) is 0 Å². The number of hydrogen-bond acceptors (Lipinski definition) is 0. The number of hydrogen-bond donors (Lipinski definition) is 0. The zero-order valence-electron chi connectivity index (χ0n) is 5.67. The Hall–Kier alpha value is -0.780. The van der Waals surface area contributed by atoms with Gasteiger partial charge in [-0.1, -0.05) is 37.3 Å². The topological polar surface area (TPSA) is 0 Å². The molecule has 0 heterocycles. The van der Waals surface area contributed by atoms with Crippen molar-refractivity contribution in [3.8, 4) is 0 Å². The second-order valence-corrected chi connectivity index (χ2v) is 2.48. The van der Waals surface area contributed by atoms with E-state index < -0.39 is 0 Å². The van der Waals surface area contributed by atoms with Gasteiger partial charge in [0, 0.05) is 5.41 Å². The largest absolute Gasteiger partial charge is 0.102 e. The Labute approximate surface area is 56.6 Å². The summed E-state index contributed by atoms with van der Waals surface area (Å²) >= 11 is 0. The molecule has 0 saturated heterocycles. The molecule has 0 spiro atoms. The lowest BCUT2D eigenvalue weighted by molar-refractivity contribution is 0.671. The summed E-state index contributed by atoms with van der Waals surface area (Å²) in [5.41, 5.74) is 0.0920. The Morgan fingerprint density at radius 1 is 1.33 bits per heavy atom. The van der Waals surface area contributed by atoms with E-state index in [4.69, 9.17) is 0 Å². The lowest BCUT2D eigenvalue weighted by Crippen LogP contribution is -2.09. The van der Waals surface area contributed by atoms with E-state index in [1.54, 1.807) is 0 Å². The van der Waals surface area contributed by atoms with Crippen molar-refractivity contribution in [3.05, 3.63) is 43.4 Å². The number of allylic oxidation sites excluding steroid dienone is 5. The third kappa shape index (κ3) is 1.32. The van der Waals surface area contributed by atoms with Gasteiger partial charge < -0.3 is 0 Å². The van der Waals surface area contributed by atoms with E-state index >= 15 is 0 Å². The molecule has 47 valence electrons. The maximum Gasteiger partial charge on any atom is 0.0102 e. The molecule has 0 bridgehead atoms. The van der Waals surface area contributed by atoms with Crippen LogP contribution in [0.3, 0.4) is 0 Å². The molecule has 0 nitrogen and oxygen atoms in total. The molecule has 0 amide bonds. The zero-order valence-corrected chi connectivity index (χ0v) is 5.67. The Bertz CT molecular complexity index is 163. The minimum Gasteiger partial charge on any atom is -0.102 e. The molecule has 1 radical (unpaired) electrons. The zero-order chi connectivity index (χ0) is 6.74. The minimum atomic E-state index is 0.0920. The third-order valence-electron chi connectivity index (χ3n) is 1.57. The van der Waals surface area contributed by atoms with E-state index in [2.05, 4.69) is 26.0 Å². The smallest absolute Gasteiger partial charge is 0.0102 e. The first kappa shape index (κ1) is 6.34. The van der Waals surface area contributed by atoms with E-state index in [0.717, 1.165) is 0 Å². The summed E-state index contributed by atoms with van der Waals surface area (Å²) in [6.07, 6.45) is 12.3. The summed E-state index contributed by atoms with van der Waals surface area (Å²) in [5.74, 6) is 0. The van der Waals surface area contributed by atoms with Gasteiger partial charge in [-0.2, -0.15) is 0 Å². The highest BCUT2D eigenvalue weighted by molar-refractivity contribution is 5.28. The molecular weight excluding hydrogens is 108 g/mol. The van der Waals surface area contributed by atoms with Crippen molar-refractivity contribution in [3.63, 3.8) is 0 Å². The highest BCUT2D eigenvalue weighted by Gasteiger charge is 2.15. The fraction of sp³-hybridized carbons (Fsp3) is 0.222. The van der Waals surface area contributed by atoms with Crippen LogP contribution in [0.5, 0.6) is 0 Å². The van der Waals surface area contributed by atoms with Crippen LogP contribution in [0.1, 0.15) is 6.92 Å². The minimum absolute atomic E-state index is 0.0920. The van der Waals surface area contributed by atoms with Crippen molar-refractivity contribution in [1.82, 2.24) is 0 Å². The molecule has 0 aromatic heterocycles. The molecule has 1 unspecified atom stereocenters. The van der Waals surface area contributed by atoms with E-state index in [0.29, 0.717) is 0 Å². The average Bonchev–Trinajstić information content (AvgIpc) is 1.90. The molecule has 1 atom stereocenters.